The molecule has 3 aromatic rings. The lowest BCUT2D eigenvalue weighted by atomic mass is 10.2. The first kappa shape index (κ1) is 19.6. The Morgan fingerprint density at radius 3 is 2.79 bits per heavy atom. The van der Waals surface area contributed by atoms with Crippen LogP contribution in [0.2, 0.25) is 5.02 Å². The number of rotatable bonds is 5. The fourth-order valence-corrected chi connectivity index (χ4v) is 2.80. The van der Waals surface area contributed by atoms with Crippen LogP contribution in [0.15, 0.2) is 27.5 Å². The van der Waals surface area contributed by atoms with Gasteiger partial charge in [0.15, 0.2) is 0 Å². The van der Waals surface area contributed by atoms with Crippen molar-refractivity contribution in [3.63, 3.8) is 0 Å². The van der Waals surface area contributed by atoms with Gasteiger partial charge in [0.1, 0.15) is 17.8 Å². The van der Waals surface area contributed by atoms with Crippen molar-refractivity contribution < 1.29 is 18.8 Å². The summed E-state index contributed by atoms with van der Waals surface area (Å²) in [7, 11) is 0. The molecule has 0 saturated heterocycles. The molecule has 0 spiro atoms. The number of nitrogens with zero attached hydrogens (tertiary/aromatic N) is 3. The number of nitrogens with one attached hydrogen (secondary N) is 1. The van der Waals surface area contributed by atoms with E-state index in [4.69, 9.17) is 20.9 Å². The van der Waals surface area contributed by atoms with Gasteiger partial charge in [-0.1, -0.05) is 22.8 Å². The van der Waals surface area contributed by atoms with Crippen molar-refractivity contribution in [1.82, 2.24) is 14.7 Å². The highest BCUT2D eigenvalue weighted by molar-refractivity contribution is 6.31. The van der Waals surface area contributed by atoms with E-state index in [-0.39, 0.29) is 35.8 Å². The number of halogens is 1. The Labute approximate surface area is 164 Å². The Balaban J connectivity index is 1.95. The fraction of sp³-hybridized carbons (Fsp3) is 0.278. The van der Waals surface area contributed by atoms with Crippen molar-refractivity contribution in [2.24, 2.45) is 0 Å². The maximum absolute atomic E-state index is 12.9. The van der Waals surface area contributed by atoms with E-state index in [1.165, 1.54) is 0 Å². The van der Waals surface area contributed by atoms with Crippen molar-refractivity contribution in [1.29, 1.82) is 0 Å². The molecule has 0 saturated carbocycles. The topological polar surface area (TPSA) is 116 Å². The van der Waals surface area contributed by atoms with E-state index >= 15 is 0 Å². The molecule has 2 aromatic heterocycles. The SMILES string of the molecule is CCOC(=O)c1noc2nc(C)n(CC(=O)Nc3cc(Cl)ccc3C)c(=O)c12. The lowest BCUT2D eigenvalue weighted by Crippen LogP contribution is -2.30. The number of aromatic nitrogens is 3. The predicted molar refractivity (Wildman–Crippen MR) is 102 cm³/mol. The summed E-state index contributed by atoms with van der Waals surface area (Å²) in [5.41, 5.74) is 0.375. The number of hydrogen-bond acceptors (Lipinski definition) is 7. The first-order chi connectivity index (χ1) is 13.3. The number of amides is 1. The Morgan fingerprint density at radius 2 is 2.07 bits per heavy atom. The van der Waals surface area contributed by atoms with Gasteiger partial charge in [-0.3, -0.25) is 14.2 Å². The lowest BCUT2D eigenvalue weighted by Gasteiger charge is -2.11. The molecule has 146 valence electrons. The maximum Gasteiger partial charge on any atom is 0.361 e. The van der Waals surface area contributed by atoms with E-state index in [0.717, 1.165) is 10.1 Å². The molecular formula is C18H17ClN4O5. The first-order valence-electron chi connectivity index (χ1n) is 8.41. The summed E-state index contributed by atoms with van der Waals surface area (Å²) < 4.78 is 11.0. The van der Waals surface area contributed by atoms with Gasteiger partial charge in [-0.25, -0.2) is 4.79 Å². The van der Waals surface area contributed by atoms with Crippen molar-refractivity contribution in [3.05, 3.63) is 50.7 Å². The van der Waals surface area contributed by atoms with Crippen LogP contribution in [0.3, 0.4) is 0 Å². The average molecular weight is 405 g/mol. The number of fused-ring (bicyclic) bond motifs is 1. The lowest BCUT2D eigenvalue weighted by molar-refractivity contribution is -0.116. The number of carbonyl (C=O) groups excluding carboxylic acids is 2. The van der Waals surface area contributed by atoms with Crippen LogP contribution in [0.4, 0.5) is 5.69 Å². The van der Waals surface area contributed by atoms with Gasteiger partial charge >= 0.3 is 5.97 Å². The van der Waals surface area contributed by atoms with Crippen molar-refractivity contribution in [2.75, 3.05) is 11.9 Å². The molecule has 9 nitrogen and oxygen atoms in total. The molecule has 10 heteroatoms. The minimum atomic E-state index is -0.797. The van der Waals surface area contributed by atoms with Crippen LogP contribution < -0.4 is 10.9 Å². The minimum absolute atomic E-state index is 0.0899. The highest BCUT2D eigenvalue weighted by atomic mass is 35.5. The molecule has 3 rings (SSSR count). The second-order valence-electron chi connectivity index (χ2n) is 5.99. The number of ether oxygens (including phenoxy) is 1. The number of carbonyl (C=O) groups is 2. The van der Waals surface area contributed by atoms with E-state index in [9.17, 15) is 14.4 Å². The second-order valence-corrected chi connectivity index (χ2v) is 6.43. The van der Waals surface area contributed by atoms with Crippen LogP contribution in [0, 0.1) is 13.8 Å². The van der Waals surface area contributed by atoms with Gasteiger partial charge in [-0.05, 0) is 38.5 Å². The van der Waals surface area contributed by atoms with Gasteiger partial charge in [0, 0.05) is 10.7 Å². The van der Waals surface area contributed by atoms with Crippen LogP contribution in [-0.2, 0) is 16.1 Å². The highest BCUT2D eigenvalue weighted by Crippen LogP contribution is 2.20. The molecule has 1 amide bonds. The Kier molecular flexibility index (Phi) is 5.46. The van der Waals surface area contributed by atoms with Gasteiger partial charge in [-0.2, -0.15) is 4.98 Å². The normalized spacial score (nSPS) is 10.9. The number of benzene rings is 1. The predicted octanol–water partition coefficient (Wildman–Crippen LogP) is 2.47. The van der Waals surface area contributed by atoms with E-state index < -0.39 is 17.4 Å². The third-order valence-corrected chi connectivity index (χ3v) is 4.27. The van der Waals surface area contributed by atoms with E-state index in [2.05, 4.69) is 15.5 Å². The fourth-order valence-electron chi connectivity index (χ4n) is 2.63. The molecule has 1 aromatic carbocycles. The van der Waals surface area contributed by atoms with Crippen LogP contribution in [0.5, 0.6) is 0 Å². The summed E-state index contributed by atoms with van der Waals surface area (Å²) in [5, 5.41) is 6.64. The first-order valence-corrected chi connectivity index (χ1v) is 8.79. The molecular weight excluding hydrogens is 388 g/mol. The van der Waals surface area contributed by atoms with Crippen LogP contribution >= 0.6 is 11.6 Å². The van der Waals surface area contributed by atoms with Crippen molar-refractivity contribution in [2.45, 2.75) is 27.3 Å². The van der Waals surface area contributed by atoms with Crippen LogP contribution in [0.25, 0.3) is 11.1 Å². The summed E-state index contributed by atoms with van der Waals surface area (Å²) in [6.07, 6.45) is 0. The van der Waals surface area contributed by atoms with E-state index in [1.807, 2.05) is 6.92 Å². The molecule has 0 atom stereocenters. The van der Waals surface area contributed by atoms with Crippen molar-refractivity contribution >= 4 is 40.3 Å². The molecule has 0 aliphatic carbocycles. The Hall–Kier alpha value is -3.20. The minimum Gasteiger partial charge on any atom is -0.461 e. The number of aryl methyl sites for hydroxylation is 2. The second kappa shape index (κ2) is 7.81. The van der Waals surface area contributed by atoms with Gasteiger partial charge < -0.3 is 14.6 Å². The molecule has 0 bridgehead atoms. The molecule has 0 radical (unpaired) electrons. The monoisotopic (exact) mass is 404 g/mol. The molecule has 28 heavy (non-hydrogen) atoms. The smallest absolute Gasteiger partial charge is 0.361 e. The molecule has 0 fully saturated rings. The molecule has 2 heterocycles. The zero-order valence-corrected chi connectivity index (χ0v) is 16.2. The molecule has 1 N–H and O–H groups in total. The number of hydrogen-bond donors (Lipinski definition) is 1. The van der Waals surface area contributed by atoms with Crippen LogP contribution in [-0.4, -0.2) is 33.2 Å². The average Bonchev–Trinajstić information content (AvgIpc) is 3.06. The summed E-state index contributed by atoms with van der Waals surface area (Å²) in [4.78, 5) is 41.4. The van der Waals surface area contributed by atoms with Crippen LogP contribution in [0.1, 0.15) is 28.8 Å². The summed E-state index contributed by atoms with van der Waals surface area (Å²) in [6.45, 7) is 4.79. The van der Waals surface area contributed by atoms with Gasteiger partial charge in [0.2, 0.25) is 11.6 Å². The van der Waals surface area contributed by atoms with E-state index in [1.54, 1.807) is 32.0 Å². The quantitative estimate of drug-likeness (QED) is 0.649. The molecule has 0 unspecified atom stereocenters. The van der Waals surface area contributed by atoms with Gasteiger partial charge in [0.05, 0.1) is 6.61 Å². The number of esters is 1. The maximum atomic E-state index is 12.9. The molecule has 0 aliphatic heterocycles. The van der Waals surface area contributed by atoms with Gasteiger partial charge in [-0.15, -0.1) is 0 Å². The standard InChI is InChI=1S/C18H17ClN4O5/c1-4-27-18(26)15-14-16(28-22-15)20-10(3)23(17(14)25)8-13(24)21-12-7-11(19)6-5-9(12)2/h5-7H,4,8H2,1-3H3,(H,21,24). The Morgan fingerprint density at radius 1 is 1.32 bits per heavy atom. The third kappa shape index (κ3) is 3.74. The zero-order chi connectivity index (χ0) is 20.4. The van der Waals surface area contributed by atoms with E-state index in [0.29, 0.717) is 10.7 Å². The summed E-state index contributed by atoms with van der Waals surface area (Å²) >= 11 is 5.96. The third-order valence-electron chi connectivity index (χ3n) is 4.03. The largest absolute Gasteiger partial charge is 0.461 e. The number of anilines is 1. The van der Waals surface area contributed by atoms with Gasteiger partial charge in [0.25, 0.3) is 11.3 Å². The zero-order valence-electron chi connectivity index (χ0n) is 15.4. The molecule has 0 aliphatic rings. The summed E-state index contributed by atoms with van der Waals surface area (Å²) in [5.74, 6) is -1.01. The Bertz CT molecular complexity index is 1130. The summed E-state index contributed by atoms with van der Waals surface area (Å²) in [6, 6.07) is 5.10. The highest BCUT2D eigenvalue weighted by Gasteiger charge is 2.24. The van der Waals surface area contributed by atoms with Crippen molar-refractivity contribution in [3.8, 4) is 0 Å².